The Hall–Kier alpha value is -3.94. The molecule has 0 radical (unpaired) electrons. The molecule has 11 heteroatoms. The summed E-state index contributed by atoms with van der Waals surface area (Å²) in [4.78, 5) is 51.2. The molecule has 0 unspecified atom stereocenters. The second-order valence-corrected chi connectivity index (χ2v) is 7.79. The summed E-state index contributed by atoms with van der Waals surface area (Å²) in [5.74, 6) is -5.53. The molecule has 0 saturated carbocycles. The molecule has 3 N–H and O–H groups in total. The predicted octanol–water partition coefficient (Wildman–Crippen LogP) is 2.28. The number of nitrogens with one attached hydrogen (secondary N) is 1. The van der Waals surface area contributed by atoms with E-state index in [1.165, 1.54) is 29.2 Å². The summed E-state index contributed by atoms with van der Waals surface area (Å²) in [7, 11) is 0. The highest BCUT2D eigenvalue weighted by Crippen LogP contribution is 2.24. The number of nitriles is 1. The zero-order valence-corrected chi connectivity index (χ0v) is 19.6. The van der Waals surface area contributed by atoms with Crippen LogP contribution in [0.5, 0.6) is 0 Å². The summed E-state index contributed by atoms with van der Waals surface area (Å²) >= 11 is 5.88. The molecular weight excluding hydrogens is 478 g/mol. The molecule has 0 heterocycles. The van der Waals surface area contributed by atoms with E-state index >= 15 is 0 Å². The highest BCUT2D eigenvalue weighted by molar-refractivity contribution is 6.18. The van der Waals surface area contributed by atoms with E-state index in [1.807, 2.05) is 6.07 Å². The van der Waals surface area contributed by atoms with Crippen LogP contribution in [0.2, 0.25) is 0 Å². The van der Waals surface area contributed by atoms with Crippen LogP contribution in [0.4, 0.5) is 11.4 Å². The third kappa shape index (κ3) is 7.81. The number of carboxylic acids is 1. The molecule has 0 aliphatic carbocycles. The molecular formula is C24H24ClN3O7. The van der Waals surface area contributed by atoms with E-state index in [0.717, 1.165) is 6.92 Å². The largest absolute Gasteiger partial charge is 0.481 e. The van der Waals surface area contributed by atoms with Crippen LogP contribution in [0.3, 0.4) is 0 Å². The minimum atomic E-state index is -1.76. The van der Waals surface area contributed by atoms with Crippen molar-refractivity contribution in [1.82, 2.24) is 0 Å². The molecule has 2 rings (SSSR count). The molecule has 2 atom stereocenters. The van der Waals surface area contributed by atoms with E-state index in [4.69, 9.17) is 21.6 Å². The Morgan fingerprint density at radius 2 is 1.74 bits per heavy atom. The monoisotopic (exact) mass is 501 g/mol. The summed E-state index contributed by atoms with van der Waals surface area (Å²) in [6.45, 7) is 0.808. The van der Waals surface area contributed by atoms with Crippen molar-refractivity contribution in [2.45, 2.75) is 26.1 Å². The number of alkyl halides is 1. The summed E-state index contributed by atoms with van der Waals surface area (Å²) in [5, 5.41) is 30.1. The molecule has 184 valence electrons. The number of carbonyl (C=O) groups is 4. The average molecular weight is 502 g/mol. The number of aliphatic hydroxyl groups is 1. The number of esters is 1. The number of aliphatic hydroxyl groups excluding tert-OH is 1. The zero-order valence-electron chi connectivity index (χ0n) is 18.8. The number of hydrogen-bond acceptors (Lipinski definition) is 7. The number of rotatable bonds is 11. The van der Waals surface area contributed by atoms with Crippen molar-refractivity contribution in [3.8, 4) is 6.07 Å². The predicted molar refractivity (Wildman–Crippen MR) is 127 cm³/mol. The van der Waals surface area contributed by atoms with Gasteiger partial charge in [-0.15, -0.1) is 11.6 Å². The van der Waals surface area contributed by atoms with Gasteiger partial charge >= 0.3 is 11.9 Å². The first kappa shape index (κ1) is 27.3. The van der Waals surface area contributed by atoms with Gasteiger partial charge in [-0.25, -0.2) is 0 Å². The fraction of sp³-hybridized carbons (Fsp3) is 0.292. The number of amides is 2. The molecule has 0 saturated heterocycles. The van der Waals surface area contributed by atoms with Crippen molar-refractivity contribution < 1.29 is 34.1 Å². The van der Waals surface area contributed by atoms with Crippen molar-refractivity contribution in [2.24, 2.45) is 5.92 Å². The molecule has 10 nitrogen and oxygen atoms in total. The topological polar surface area (TPSA) is 157 Å². The van der Waals surface area contributed by atoms with E-state index in [2.05, 4.69) is 5.32 Å². The lowest BCUT2D eigenvalue weighted by molar-refractivity contribution is -0.160. The van der Waals surface area contributed by atoms with Crippen molar-refractivity contribution in [3.63, 3.8) is 0 Å². The summed E-state index contributed by atoms with van der Waals surface area (Å²) in [6.07, 6.45) is -2.56. The quantitative estimate of drug-likeness (QED) is 0.312. The molecule has 0 aliphatic rings. The Morgan fingerprint density at radius 1 is 1.11 bits per heavy atom. The highest BCUT2D eigenvalue weighted by atomic mass is 35.5. The molecule has 2 amide bonds. The second kappa shape index (κ2) is 13.1. The van der Waals surface area contributed by atoms with E-state index in [0.29, 0.717) is 16.8 Å². The van der Waals surface area contributed by atoms with Crippen LogP contribution in [0, 0.1) is 17.2 Å². The number of carboxylic acid groups (broad SMARTS) is 1. The average Bonchev–Trinajstić information content (AvgIpc) is 2.84. The minimum absolute atomic E-state index is 0.00293. The van der Waals surface area contributed by atoms with E-state index < -0.39 is 42.2 Å². The first-order chi connectivity index (χ1) is 16.7. The number of nitrogens with zero attached hydrogens (tertiary/aromatic N) is 2. The Morgan fingerprint density at radius 3 is 2.23 bits per heavy atom. The third-order valence-electron chi connectivity index (χ3n) is 4.91. The molecule has 0 bridgehead atoms. The maximum atomic E-state index is 13.5. The molecule has 2 aromatic carbocycles. The molecule has 2 aromatic rings. The van der Waals surface area contributed by atoms with Crippen LogP contribution >= 0.6 is 11.6 Å². The van der Waals surface area contributed by atoms with Gasteiger partial charge in [0.1, 0.15) is 0 Å². The highest BCUT2D eigenvalue weighted by Gasteiger charge is 2.40. The van der Waals surface area contributed by atoms with Gasteiger partial charge in [-0.1, -0.05) is 12.1 Å². The van der Waals surface area contributed by atoms with E-state index in [1.54, 1.807) is 24.3 Å². The fourth-order valence-corrected chi connectivity index (χ4v) is 3.45. The summed E-state index contributed by atoms with van der Waals surface area (Å²) in [6, 6.07) is 14.0. The first-order valence-electron chi connectivity index (χ1n) is 10.5. The van der Waals surface area contributed by atoms with Gasteiger partial charge < -0.3 is 25.2 Å². The number of anilines is 2. The summed E-state index contributed by atoms with van der Waals surface area (Å²) < 4.78 is 5.13. The van der Waals surface area contributed by atoms with Crippen LogP contribution in [-0.2, 0) is 30.5 Å². The maximum Gasteiger partial charge on any atom is 0.304 e. The second-order valence-electron chi connectivity index (χ2n) is 7.42. The van der Waals surface area contributed by atoms with Gasteiger partial charge in [-0.05, 0) is 42.0 Å². The van der Waals surface area contributed by atoms with Gasteiger partial charge in [0, 0.05) is 30.7 Å². The van der Waals surface area contributed by atoms with Crippen LogP contribution < -0.4 is 10.2 Å². The lowest BCUT2D eigenvalue weighted by Gasteiger charge is -2.30. The van der Waals surface area contributed by atoms with Crippen molar-refractivity contribution in [1.29, 1.82) is 5.26 Å². The number of halogens is 1. The van der Waals surface area contributed by atoms with Crippen LogP contribution in [0.1, 0.15) is 24.5 Å². The van der Waals surface area contributed by atoms with Crippen molar-refractivity contribution in [3.05, 3.63) is 59.7 Å². The normalized spacial score (nSPS) is 12.1. The molecule has 0 aliphatic heterocycles. The SMILES string of the molecule is CC(=O)O[C@@H](C(=O)Nc1ccc(C#N)cc1)[C@@H](CC(=O)O)C(=O)N(CCCl)c1ccc(CO)cc1. The van der Waals surface area contributed by atoms with Crippen molar-refractivity contribution >= 4 is 46.7 Å². The lowest BCUT2D eigenvalue weighted by Crippen LogP contribution is -2.48. The zero-order chi connectivity index (χ0) is 26.0. The Balaban J connectivity index is 2.43. The molecule has 0 aromatic heterocycles. The Labute approximate surface area is 206 Å². The lowest BCUT2D eigenvalue weighted by atomic mass is 9.95. The van der Waals surface area contributed by atoms with Gasteiger partial charge in [0.05, 0.1) is 30.6 Å². The van der Waals surface area contributed by atoms with Gasteiger partial charge in [0.15, 0.2) is 6.10 Å². The van der Waals surface area contributed by atoms with Crippen molar-refractivity contribution in [2.75, 3.05) is 22.6 Å². The fourth-order valence-electron chi connectivity index (χ4n) is 3.28. The third-order valence-corrected chi connectivity index (χ3v) is 5.08. The van der Waals surface area contributed by atoms with Gasteiger partial charge in [0.2, 0.25) is 5.91 Å². The number of ether oxygens (including phenoxy) is 1. The number of aliphatic carboxylic acids is 1. The summed E-state index contributed by atoms with van der Waals surface area (Å²) in [5.41, 5.74) is 1.55. The van der Waals surface area contributed by atoms with E-state index in [-0.39, 0.29) is 24.7 Å². The molecule has 35 heavy (non-hydrogen) atoms. The van der Waals surface area contributed by atoms with Gasteiger partial charge in [0.25, 0.3) is 5.91 Å². The van der Waals surface area contributed by atoms with Crippen LogP contribution in [0.25, 0.3) is 0 Å². The van der Waals surface area contributed by atoms with Gasteiger partial charge in [-0.2, -0.15) is 5.26 Å². The van der Waals surface area contributed by atoms with Crippen LogP contribution in [-0.4, -0.2) is 52.5 Å². The standard InChI is InChI=1S/C24H24ClN3O7/c1-15(30)35-22(23(33)27-18-6-2-16(13-26)3-7-18)20(12-21(31)32)24(34)28(11-10-25)19-8-4-17(14-29)5-9-19/h2-9,20,22,29H,10-12,14H2,1H3,(H,27,33)(H,31,32)/t20-,22-/m1/s1. The van der Waals surface area contributed by atoms with E-state index in [9.17, 15) is 29.4 Å². The Bertz CT molecular complexity index is 1100. The smallest absolute Gasteiger partial charge is 0.304 e. The maximum absolute atomic E-state index is 13.5. The number of carbonyl (C=O) groups excluding carboxylic acids is 3. The molecule has 0 spiro atoms. The van der Waals surface area contributed by atoms with Crippen LogP contribution in [0.15, 0.2) is 48.5 Å². The molecule has 0 fully saturated rings. The minimum Gasteiger partial charge on any atom is -0.481 e. The first-order valence-corrected chi connectivity index (χ1v) is 11.0. The van der Waals surface area contributed by atoms with Gasteiger partial charge in [-0.3, -0.25) is 19.2 Å². The number of benzene rings is 2. The number of hydrogen-bond donors (Lipinski definition) is 3. The Kier molecular flexibility index (Phi) is 10.2.